The van der Waals surface area contributed by atoms with E-state index < -0.39 is 0 Å². The largest absolute Gasteiger partial charge is 0.309 e. The highest BCUT2D eigenvalue weighted by molar-refractivity contribution is 7.21. The number of aromatic nitrogens is 4. The lowest BCUT2D eigenvalue weighted by Gasteiger charge is -2.16. The number of hydrogen-bond acceptors (Lipinski definition) is 3. The molecule has 0 unspecified atom stereocenters. The molecule has 0 N–H and O–H groups in total. The molecule has 0 fully saturated rings. The predicted octanol–water partition coefficient (Wildman–Crippen LogP) is 15.2. The van der Waals surface area contributed by atoms with Gasteiger partial charge in [0.15, 0.2) is 0 Å². The molecule has 284 valence electrons. The Balaban J connectivity index is 1.05. The van der Waals surface area contributed by atoms with Crippen LogP contribution in [0, 0.1) is 0 Å². The second kappa shape index (κ2) is 13.3. The highest BCUT2D eigenvalue weighted by Crippen LogP contribution is 2.46. The summed E-state index contributed by atoms with van der Waals surface area (Å²) in [6.45, 7) is 0. The van der Waals surface area contributed by atoms with Crippen LogP contribution < -0.4 is 0 Å². The number of thiophene rings is 1. The normalized spacial score (nSPS) is 11.9. The number of nitrogens with zero attached hydrogens (tertiary/aromatic N) is 4. The van der Waals surface area contributed by atoms with Crippen molar-refractivity contribution in [2.45, 2.75) is 0 Å². The van der Waals surface area contributed by atoms with Gasteiger partial charge in [0.1, 0.15) is 5.00 Å². The third-order valence-electron chi connectivity index (χ3n) is 12.4. The Hall–Kier alpha value is -7.86. The summed E-state index contributed by atoms with van der Waals surface area (Å²) in [5, 5.41) is 9.63. The Morgan fingerprint density at radius 3 is 1.79 bits per heavy atom. The van der Waals surface area contributed by atoms with E-state index >= 15 is 0 Å². The molecule has 5 heteroatoms. The zero-order chi connectivity index (χ0) is 40.0. The van der Waals surface area contributed by atoms with E-state index in [9.17, 15) is 0 Å². The molecule has 0 saturated carbocycles. The first kappa shape index (κ1) is 34.0. The van der Waals surface area contributed by atoms with Gasteiger partial charge in [-0.1, -0.05) is 140 Å². The molecule has 8 aromatic carbocycles. The lowest BCUT2D eigenvalue weighted by atomic mass is 9.95. The van der Waals surface area contributed by atoms with Crippen molar-refractivity contribution in [1.29, 1.82) is 0 Å². The quantitative estimate of drug-likeness (QED) is 0.163. The number of pyridine rings is 2. The van der Waals surface area contributed by atoms with Gasteiger partial charge in [-0.25, -0.2) is 4.98 Å². The van der Waals surface area contributed by atoms with Crippen LogP contribution in [0.25, 0.3) is 120 Å². The Labute approximate surface area is 354 Å². The van der Waals surface area contributed by atoms with Crippen LogP contribution in [-0.4, -0.2) is 19.1 Å². The molecule has 5 heterocycles. The highest BCUT2D eigenvalue weighted by Gasteiger charge is 2.22. The second-order valence-corrected chi connectivity index (χ2v) is 16.8. The summed E-state index contributed by atoms with van der Waals surface area (Å²) < 4.78 is 6.21. The summed E-state index contributed by atoms with van der Waals surface area (Å²) in [5.41, 5.74) is 14.4. The molecule has 0 aliphatic rings. The zero-order valence-electron chi connectivity index (χ0n) is 32.8. The topological polar surface area (TPSA) is 35.6 Å². The molecule has 4 nitrogen and oxygen atoms in total. The first-order valence-corrected chi connectivity index (χ1v) is 21.5. The Morgan fingerprint density at radius 1 is 0.393 bits per heavy atom. The van der Waals surface area contributed by atoms with Gasteiger partial charge in [-0.2, -0.15) is 0 Å². The first-order chi connectivity index (χ1) is 30.3. The van der Waals surface area contributed by atoms with E-state index in [0.717, 1.165) is 60.9 Å². The van der Waals surface area contributed by atoms with Gasteiger partial charge in [0.05, 0.1) is 44.5 Å². The average Bonchev–Trinajstić information content (AvgIpc) is 4.01. The van der Waals surface area contributed by atoms with E-state index in [0.29, 0.717) is 0 Å². The summed E-state index contributed by atoms with van der Waals surface area (Å²) >= 11 is 1.84. The van der Waals surface area contributed by atoms with Crippen molar-refractivity contribution < 1.29 is 0 Å². The summed E-state index contributed by atoms with van der Waals surface area (Å²) in [7, 11) is 0. The molecule has 0 radical (unpaired) electrons. The van der Waals surface area contributed by atoms with Crippen LogP contribution in [0.5, 0.6) is 0 Å². The van der Waals surface area contributed by atoms with E-state index in [2.05, 4.69) is 203 Å². The van der Waals surface area contributed by atoms with E-state index in [-0.39, 0.29) is 0 Å². The molecule has 0 aliphatic carbocycles. The monoisotopic (exact) mass is 794 g/mol. The first-order valence-electron chi connectivity index (χ1n) is 20.7. The fourth-order valence-corrected chi connectivity index (χ4v) is 10.8. The van der Waals surface area contributed by atoms with Crippen molar-refractivity contribution >= 4 is 86.8 Å². The van der Waals surface area contributed by atoms with Gasteiger partial charge in [-0.05, 0) is 82.7 Å². The van der Waals surface area contributed by atoms with E-state index in [4.69, 9.17) is 9.97 Å². The Bertz CT molecular complexity index is 3860. The maximum Gasteiger partial charge on any atom is 0.101 e. The van der Waals surface area contributed by atoms with Gasteiger partial charge in [0.2, 0.25) is 0 Å². The summed E-state index contributed by atoms with van der Waals surface area (Å²) in [4.78, 5) is 9.99. The third-order valence-corrected chi connectivity index (χ3v) is 13.5. The van der Waals surface area contributed by atoms with Gasteiger partial charge in [-0.15, -0.1) is 11.3 Å². The van der Waals surface area contributed by atoms with Gasteiger partial charge in [-0.3, -0.25) is 4.98 Å². The molecule has 0 bridgehead atoms. The van der Waals surface area contributed by atoms with E-state index in [1.54, 1.807) is 0 Å². The van der Waals surface area contributed by atoms with Crippen molar-refractivity contribution in [3.05, 3.63) is 206 Å². The summed E-state index contributed by atoms with van der Waals surface area (Å²) in [6.07, 6.45) is 1.85. The minimum absolute atomic E-state index is 0.915. The minimum Gasteiger partial charge on any atom is -0.309 e. The maximum absolute atomic E-state index is 5.25. The molecule has 13 rings (SSSR count). The average molecular weight is 795 g/mol. The third kappa shape index (κ3) is 5.18. The van der Waals surface area contributed by atoms with Crippen LogP contribution in [0.4, 0.5) is 0 Å². The van der Waals surface area contributed by atoms with Crippen LogP contribution >= 0.6 is 11.3 Å². The Kier molecular flexibility index (Phi) is 7.44. The highest BCUT2D eigenvalue weighted by atomic mass is 32.1. The number of hydrogen-bond donors (Lipinski definition) is 0. The zero-order valence-corrected chi connectivity index (χ0v) is 33.6. The maximum atomic E-state index is 5.25. The van der Waals surface area contributed by atoms with Crippen LogP contribution in [0.3, 0.4) is 0 Å². The van der Waals surface area contributed by atoms with E-state index in [1.807, 2.05) is 23.6 Å². The van der Waals surface area contributed by atoms with Crippen LogP contribution in [0.1, 0.15) is 0 Å². The molecule has 0 aliphatic heterocycles. The second-order valence-electron chi connectivity index (χ2n) is 15.7. The van der Waals surface area contributed by atoms with Crippen LogP contribution in [0.15, 0.2) is 206 Å². The van der Waals surface area contributed by atoms with Gasteiger partial charge in [0.25, 0.3) is 0 Å². The molecular formula is C56H34N4S. The van der Waals surface area contributed by atoms with Crippen molar-refractivity contribution in [3.63, 3.8) is 0 Å². The number of benzene rings is 8. The summed E-state index contributed by atoms with van der Waals surface area (Å²) in [6, 6.07) is 72.6. The molecule has 0 amide bonds. The molecule has 13 aromatic rings. The smallest absolute Gasteiger partial charge is 0.101 e. The molecular weight excluding hydrogens is 761 g/mol. The lowest BCUT2D eigenvalue weighted by Crippen LogP contribution is -1.98. The fraction of sp³-hybridized carbons (Fsp3) is 0. The fourth-order valence-electron chi connectivity index (χ4n) is 9.69. The molecule has 61 heavy (non-hydrogen) atoms. The summed E-state index contributed by atoms with van der Waals surface area (Å²) in [5.74, 6) is 0. The minimum atomic E-state index is 0.915. The van der Waals surface area contributed by atoms with Crippen molar-refractivity contribution in [2.75, 3.05) is 0 Å². The number of fused-ring (bicyclic) bond motifs is 10. The van der Waals surface area contributed by atoms with Gasteiger partial charge in [0, 0.05) is 54.3 Å². The molecule has 0 saturated heterocycles. The van der Waals surface area contributed by atoms with Crippen molar-refractivity contribution in [2.24, 2.45) is 0 Å². The van der Waals surface area contributed by atoms with Crippen LogP contribution in [-0.2, 0) is 0 Å². The van der Waals surface area contributed by atoms with Crippen molar-refractivity contribution in [3.8, 4) is 44.2 Å². The lowest BCUT2D eigenvalue weighted by molar-refractivity contribution is 1.18. The molecule has 0 spiro atoms. The van der Waals surface area contributed by atoms with Crippen LogP contribution in [0.2, 0.25) is 0 Å². The van der Waals surface area contributed by atoms with E-state index in [1.165, 1.54) is 58.8 Å². The SMILES string of the molecule is c1ccc(-c2cc(-c3ccc4ccc5cccnc5c4n3)ccc2-n2c3ccccc3c3c(-c4cccc5c4c4ccccc4n5-c4cc5ccccc5s4)cccc32)cc1. The number of rotatable bonds is 5. The molecule has 0 atom stereocenters. The number of para-hydroxylation sites is 2. The predicted molar refractivity (Wildman–Crippen MR) is 257 cm³/mol. The van der Waals surface area contributed by atoms with Gasteiger partial charge >= 0.3 is 0 Å². The standard InChI is InChI=1S/C56H34N4S/c1-2-13-35(14-3-1)44-33-38(45-30-28-37-27-26-36-16-12-32-57-55(36)56(37)58-45)29-31-48(44)59-46-21-7-5-17-42(46)53-40(19-10-23-49(53)59)41-20-11-24-50-54(41)43-18-6-8-22-47(43)60(50)52-34-39-15-4-9-25-51(39)61-52/h1-34H. The Morgan fingerprint density at radius 2 is 1.02 bits per heavy atom. The molecule has 5 aromatic heterocycles. The van der Waals surface area contributed by atoms with Crippen molar-refractivity contribution in [1.82, 2.24) is 19.1 Å². The van der Waals surface area contributed by atoms with Gasteiger partial charge < -0.3 is 9.13 Å².